The molecule has 0 bridgehead atoms. The molecule has 0 spiro atoms. The van der Waals surface area contributed by atoms with Crippen molar-refractivity contribution in [3.05, 3.63) is 83.4 Å². The summed E-state index contributed by atoms with van der Waals surface area (Å²) in [7, 11) is -2.46. The Bertz CT molecular complexity index is 1550. The number of carbonyl (C=O) groups is 4. The number of rotatable bonds is 9. The number of hydrogen-bond donors (Lipinski definition) is 2. The number of benzene rings is 2. The van der Waals surface area contributed by atoms with Gasteiger partial charge < -0.3 is 24.1 Å². The van der Waals surface area contributed by atoms with E-state index < -0.39 is 72.6 Å². The number of Topliss-reactive ketones (excluding diaryl/α,β-unsaturated/α-hetero) is 2. The fourth-order valence-corrected chi connectivity index (χ4v) is 9.56. The van der Waals surface area contributed by atoms with Gasteiger partial charge >= 0.3 is 11.9 Å². The summed E-state index contributed by atoms with van der Waals surface area (Å²) in [4.78, 5) is 54.1. The molecule has 0 saturated heterocycles. The lowest BCUT2D eigenvalue weighted by molar-refractivity contribution is -0.240. The SMILES string of the molecule is CC(=O)[C@]1(O)C[C@@H](C)[C@@]2(O)[C@@H](C=C(COC(=O)c3ccccc3)C[C@]3(O[Si](C)(C)C)C(=O)[C@@H](C)C[C@@H]23)[C@H]1OC(=O)Cc1ccccc1. The van der Waals surface area contributed by atoms with Gasteiger partial charge in [-0.05, 0) is 68.6 Å². The third-order valence-corrected chi connectivity index (χ3v) is 11.1. The monoisotopic (exact) mass is 662 g/mol. The molecule has 9 nitrogen and oxygen atoms in total. The van der Waals surface area contributed by atoms with E-state index in [1.807, 2.05) is 32.6 Å². The fraction of sp³-hybridized carbons (Fsp3) is 0.514. The van der Waals surface area contributed by atoms with Gasteiger partial charge in [-0.25, -0.2) is 4.79 Å². The molecule has 3 aliphatic rings. The number of ketones is 2. The molecule has 2 aromatic carbocycles. The Labute approximate surface area is 277 Å². The predicted octanol–water partition coefficient (Wildman–Crippen LogP) is 4.85. The molecular formula is C37H46O9Si. The molecule has 8 atom stereocenters. The Balaban J connectivity index is 1.64. The quantitative estimate of drug-likeness (QED) is 0.219. The van der Waals surface area contributed by atoms with Crippen molar-refractivity contribution in [2.24, 2.45) is 23.7 Å². The molecule has 0 amide bonds. The van der Waals surface area contributed by atoms with Gasteiger partial charge in [0, 0.05) is 24.2 Å². The van der Waals surface area contributed by atoms with Gasteiger partial charge in [0.05, 0.1) is 17.6 Å². The summed E-state index contributed by atoms with van der Waals surface area (Å²) in [5.74, 6) is -5.02. The molecule has 3 aliphatic carbocycles. The van der Waals surface area contributed by atoms with Gasteiger partial charge in [-0.2, -0.15) is 0 Å². The molecule has 2 saturated carbocycles. The Kier molecular flexibility index (Phi) is 9.55. The van der Waals surface area contributed by atoms with Gasteiger partial charge in [0.15, 0.2) is 25.5 Å². The van der Waals surface area contributed by atoms with Crippen molar-refractivity contribution in [3.63, 3.8) is 0 Å². The molecular weight excluding hydrogens is 616 g/mol. The van der Waals surface area contributed by atoms with Crippen molar-refractivity contribution in [3.8, 4) is 0 Å². The van der Waals surface area contributed by atoms with Crippen molar-refractivity contribution in [1.29, 1.82) is 0 Å². The summed E-state index contributed by atoms with van der Waals surface area (Å²) in [6, 6.07) is 17.5. The van der Waals surface area contributed by atoms with Crippen LogP contribution in [0.3, 0.4) is 0 Å². The van der Waals surface area contributed by atoms with Crippen molar-refractivity contribution >= 4 is 31.8 Å². The average Bonchev–Trinajstić information content (AvgIpc) is 3.18. The maximum absolute atomic E-state index is 14.3. The van der Waals surface area contributed by atoms with Gasteiger partial charge in [0.25, 0.3) is 0 Å². The smallest absolute Gasteiger partial charge is 0.338 e. The van der Waals surface area contributed by atoms with E-state index in [0.29, 0.717) is 23.1 Å². The van der Waals surface area contributed by atoms with E-state index in [0.717, 1.165) is 0 Å². The molecule has 0 aliphatic heterocycles. The topological polar surface area (TPSA) is 136 Å². The molecule has 252 valence electrons. The third kappa shape index (κ3) is 6.53. The zero-order chi connectivity index (χ0) is 34.4. The second-order valence-electron chi connectivity index (χ2n) is 14.7. The predicted molar refractivity (Wildman–Crippen MR) is 177 cm³/mol. The molecule has 0 heterocycles. The van der Waals surface area contributed by atoms with Crippen LogP contribution in [0.5, 0.6) is 0 Å². The summed E-state index contributed by atoms with van der Waals surface area (Å²) < 4.78 is 18.7. The lowest BCUT2D eigenvalue weighted by Crippen LogP contribution is -2.70. The van der Waals surface area contributed by atoms with Crippen molar-refractivity contribution in [1.82, 2.24) is 0 Å². The first-order valence-electron chi connectivity index (χ1n) is 16.4. The van der Waals surface area contributed by atoms with Crippen molar-refractivity contribution in [2.75, 3.05) is 6.61 Å². The summed E-state index contributed by atoms with van der Waals surface area (Å²) in [6.07, 6.45) is 0.224. The molecule has 47 heavy (non-hydrogen) atoms. The van der Waals surface area contributed by atoms with Gasteiger partial charge in [0.1, 0.15) is 18.3 Å². The molecule has 2 N–H and O–H groups in total. The summed E-state index contributed by atoms with van der Waals surface area (Å²) >= 11 is 0. The lowest BCUT2D eigenvalue weighted by atomic mass is 9.55. The van der Waals surface area contributed by atoms with Gasteiger partial charge in [0.2, 0.25) is 0 Å². The summed E-state index contributed by atoms with van der Waals surface area (Å²) in [5, 5.41) is 25.1. The van der Waals surface area contributed by atoms with Crippen molar-refractivity contribution in [2.45, 2.75) is 89.0 Å². The third-order valence-electron chi connectivity index (χ3n) is 10.2. The fourth-order valence-electron chi connectivity index (χ4n) is 8.15. The van der Waals surface area contributed by atoms with Crippen LogP contribution >= 0.6 is 0 Å². The first kappa shape index (κ1) is 34.9. The highest BCUT2D eigenvalue weighted by atomic mass is 28.4. The maximum Gasteiger partial charge on any atom is 0.338 e. The van der Waals surface area contributed by atoms with Crippen LogP contribution in [0.2, 0.25) is 19.6 Å². The highest BCUT2D eigenvalue weighted by Crippen LogP contribution is 2.60. The second kappa shape index (κ2) is 12.9. The van der Waals surface area contributed by atoms with E-state index in [2.05, 4.69) is 0 Å². The largest absolute Gasteiger partial charge is 0.458 e. The van der Waals surface area contributed by atoms with Crippen LogP contribution in [0.15, 0.2) is 72.3 Å². The highest BCUT2D eigenvalue weighted by Gasteiger charge is 2.71. The summed E-state index contributed by atoms with van der Waals surface area (Å²) in [6.45, 7) is 10.5. The van der Waals surface area contributed by atoms with Crippen molar-refractivity contribution < 1.29 is 43.3 Å². The molecule has 5 rings (SSSR count). The first-order valence-corrected chi connectivity index (χ1v) is 19.8. The normalized spacial score (nSPS) is 33.6. The van der Waals surface area contributed by atoms with Gasteiger partial charge in [-0.15, -0.1) is 0 Å². The Morgan fingerprint density at radius 1 is 0.957 bits per heavy atom. The zero-order valence-corrected chi connectivity index (χ0v) is 29.0. The van der Waals surface area contributed by atoms with E-state index in [9.17, 15) is 29.4 Å². The van der Waals surface area contributed by atoms with Crippen LogP contribution in [0, 0.1) is 23.7 Å². The van der Waals surface area contributed by atoms with Crippen LogP contribution in [0.4, 0.5) is 0 Å². The number of fused-ring (bicyclic) bond motifs is 3. The maximum atomic E-state index is 14.3. The van der Waals surface area contributed by atoms with Crippen LogP contribution in [0.1, 0.15) is 56.0 Å². The van der Waals surface area contributed by atoms with E-state index >= 15 is 0 Å². The van der Waals surface area contributed by atoms with Gasteiger partial charge in [-0.1, -0.05) is 68.5 Å². The Morgan fingerprint density at radius 2 is 1.57 bits per heavy atom. The molecule has 0 aromatic heterocycles. The number of hydrogen-bond acceptors (Lipinski definition) is 9. The molecule has 0 radical (unpaired) electrons. The number of ether oxygens (including phenoxy) is 2. The lowest BCUT2D eigenvalue weighted by Gasteiger charge is -2.57. The Morgan fingerprint density at radius 3 is 2.17 bits per heavy atom. The summed E-state index contributed by atoms with van der Waals surface area (Å²) in [5.41, 5.74) is -3.79. The van der Waals surface area contributed by atoms with Gasteiger partial charge in [-0.3, -0.25) is 14.4 Å². The van der Waals surface area contributed by atoms with Crippen LogP contribution < -0.4 is 0 Å². The Hall–Kier alpha value is -3.44. The standard InChI is InChI=1S/C37H46O9Si/c1-23-17-30-36(32(23)40,46-47(4,5)6)21-27(22-44-34(41)28-15-11-8-12-16-28)18-29-33(45-31(39)19-26-13-9-7-10-14-26)35(42,25(3)38)20-24(2)37(29,30)43/h7-16,18,23-24,29-30,33,42-43H,17,19-22H2,1-6H3/t23-,24+,29-,30+,33+,35+,36+,37+/m0/s1. The minimum absolute atomic E-state index is 0.0435. The second-order valence-corrected chi connectivity index (χ2v) is 19.1. The van der Waals surface area contributed by atoms with E-state index in [1.165, 1.54) is 6.92 Å². The van der Waals surface area contributed by atoms with E-state index in [-0.39, 0.29) is 31.7 Å². The molecule has 2 aromatic rings. The minimum atomic E-state index is -2.46. The zero-order valence-electron chi connectivity index (χ0n) is 28.0. The van der Waals surface area contributed by atoms with E-state index in [1.54, 1.807) is 67.6 Å². The van der Waals surface area contributed by atoms with Crippen LogP contribution in [-0.4, -0.2) is 71.5 Å². The minimum Gasteiger partial charge on any atom is -0.458 e. The molecule has 10 heteroatoms. The van der Waals surface area contributed by atoms with E-state index in [4.69, 9.17) is 13.9 Å². The highest BCUT2D eigenvalue weighted by molar-refractivity contribution is 6.70. The van der Waals surface area contributed by atoms with Crippen LogP contribution in [0.25, 0.3) is 0 Å². The number of esters is 2. The first-order chi connectivity index (χ1) is 22.0. The van der Waals surface area contributed by atoms with Crippen LogP contribution in [-0.2, 0) is 34.7 Å². The number of aliphatic hydroxyl groups is 2. The number of carbonyl (C=O) groups excluding carboxylic acids is 4. The molecule has 0 unspecified atom stereocenters. The average molecular weight is 663 g/mol. The molecule has 2 fully saturated rings.